The number of rotatable bonds is 4. The summed E-state index contributed by atoms with van der Waals surface area (Å²) < 4.78 is 18.8. The first kappa shape index (κ1) is 13.7. The number of ether oxygens (including phenoxy) is 1. The van der Waals surface area contributed by atoms with Gasteiger partial charge in [-0.2, -0.15) is 0 Å². The maximum atomic E-state index is 12.8. The Kier molecular flexibility index (Phi) is 4.32. The number of methoxy groups -OCH3 is 1. The van der Waals surface area contributed by atoms with Crippen molar-refractivity contribution in [3.05, 3.63) is 63.9 Å². The normalized spacial score (nSPS) is 10.3. The molecule has 0 N–H and O–H groups in total. The van der Waals surface area contributed by atoms with Gasteiger partial charge in [-0.25, -0.2) is 4.39 Å². The molecule has 2 aromatic rings. The van der Waals surface area contributed by atoms with Crippen LogP contribution in [0.15, 0.2) is 46.9 Å². The predicted molar refractivity (Wildman–Crippen MR) is 75.1 cm³/mol. The number of Topliss-reactive ketones (excluding diaryl/α,β-unsaturated/α-hetero) is 1. The largest absolute Gasteiger partial charge is 0.496 e. The van der Waals surface area contributed by atoms with Crippen molar-refractivity contribution in [1.29, 1.82) is 0 Å². The summed E-state index contributed by atoms with van der Waals surface area (Å²) in [4.78, 5) is 12.2. The molecule has 0 aliphatic heterocycles. The first-order chi connectivity index (χ1) is 9.10. The van der Waals surface area contributed by atoms with Crippen LogP contribution in [0.5, 0.6) is 5.75 Å². The molecule has 0 aliphatic rings. The molecular formula is C15H12BrFO2. The highest BCUT2D eigenvalue weighted by Crippen LogP contribution is 2.24. The summed E-state index contributed by atoms with van der Waals surface area (Å²) in [5.41, 5.74) is 1.29. The van der Waals surface area contributed by atoms with Crippen LogP contribution < -0.4 is 4.74 Å². The van der Waals surface area contributed by atoms with Gasteiger partial charge in [0.1, 0.15) is 11.6 Å². The number of benzene rings is 2. The fraction of sp³-hybridized carbons (Fsp3) is 0.133. The van der Waals surface area contributed by atoms with Crippen LogP contribution >= 0.6 is 15.9 Å². The van der Waals surface area contributed by atoms with Gasteiger partial charge in [0.25, 0.3) is 0 Å². The van der Waals surface area contributed by atoms with E-state index in [-0.39, 0.29) is 18.0 Å². The lowest BCUT2D eigenvalue weighted by Gasteiger charge is -2.08. The van der Waals surface area contributed by atoms with Crippen molar-refractivity contribution in [3.8, 4) is 5.75 Å². The molecule has 2 aromatic carbocycles. The molecule has 0 bridgehead atoms. The number of halogens is 2. The summed E-state index contributed by atoms with van der Waals surface area (Å²) in [7, 11) is 1.53. The van der Waals surface area contributed by atoms with Crippen LogP contribution in [0.2, 0.25) is 0 Å². The van der Waals surface area contributed by atoms with E-state index in [2.05, 4.69) is 15.9 Å². The summed E-state index contributed by atoms with van der Waals surface area (Å²) >= 11 is 3.33. The highest BCUT2D eigenvalue weighted by molar-refractivity contribution is 9.10. The minimum absolute atomic E-state index is 0.0650. The summed E-state index contributed by atoms with van der Waals surface area (Å²) in [6.07, 6.45) is 0.215. The van der Waals surface area contributed by atoms with Crippen molar-refractivity contribution in [1.82, 2.24) is 0 Å². The molecular weight excluding hydrogens is 311 g/mol. The van der Waals surface area contributed by atoms with E-state index in [1.807, 2.05) is 6.07 Å². The minimum Gasteiger partial charge on any atom is -0.496 e. The predicted octanol–water partition coefficient (Wildman–Crippen LogP) is 4.02. The first-order valence-corrected chi connectivity index (χ1v) is 6.50. The number of carbonyl (C=O) groups excluding carboxylic acids is 1. The van der Waals surface area contributed by atoms with Crippen molar-refractivity contribution in [2.75, 3.05) is 7.11 Å². The highest BCUT2D eigenvalue weighted by atomic mass is 79.9. The van der Waals surface area contributed by atoms with E-state index >= 15 is 0 Å². The Morgan fingerprint density at radius 1 is 1.21 bits per heavy atom. The molecule has 0 spiro atoms. The van der Waals surface area contributed by atoms with Gasteiger partial charge >= 0.3 is 0 Å². The molecule has 0 atom stereocenters. The summed E-state index contributed by atoms with van der Waals surface area (Å²) in [6.45, 7) is 0. The maximum absolute atomic E-state index is 12.8. The van der Waals surface area contributed by atoms with E-state index in [1.54, 1.807) is 24.3 Å². The molecule has 2 rings (SSSR count). The third kappa shape index (κ3) is 3.41. The number of ketones is 1. The van der Waals surface area contributed by atoms with Crippen LogP contribution in [0.3, 0.4) is 0 Å². The molecule has 0 fully saturated rings. The zero-order chi connectivity index (χ0) is 13.8. The lowest BCUT2D eigenvalue weighted by Crippen LogP contribution is -2.06. The van der Waals surface area contributed by atoms with Crippen molar-refractivity contribution in [3.63, 3.8) is 0 Å². The van der Waals surface area contributed by atoms with Crippen LogP contribution in [-0.4, -0.2) is 12.9 Å². The molecule has 0 aliphatic carbocycles. The Balaban J connectivity index is 2.24. The van der Waals surface area contributed by atoms with E-state index in [1.165, 1.54) is 19.2 Å². The van der Waals surface area contributed by atoms with Crippen LogP contribution in [0.4, 0.5) is 4.39 Å². The molecule has 2 nitrogen and oxygen atoms in total. The smallest absolute Gasteiger partial charge is 0.170 e. The van der Waals surface area contributed by atoms with Gasteiger partial charge in [0, 0.05) is 10.9 Å². The molecule has 0 aromatic heterocycles. The van der Waals surface area contributed by atoms with Gasteiger partial charge in [-0.05, 0) is 35.9 Å². The zero-order valence-electron chi connectivity index (χ0n) is 10.3. The fourth-order valence-electron chi connectivity index (χ4n) is 1.78. The van der Waals surface area contributed by atoms with E-state index in [0.29, 0.717) is 11.3 Å². The molecule has 19 heavy (non-hydrogen) atoms. The minimum atomic E-state index is -0.309. The topological polar surface area (TPSA) is 26.3 Å². The fourth-order valence-corrected chi connectivity index (χ4v) is 2.14. The number of hydrogen-bond donors (Lipinski definition) is 0. The second kappa shape index (κ2) is 5.97. The molecule has 98 valence electrons. The molecule has 0 amide bonds. The Labute approximate surface area is 119 Å². The van der Waals surface area contributed by atoms with Gasteiger partial charge in [0.15, 0.2) is 5.78 Å². The van der Waals surface area contributed by atoms with Gasteiger partial charge in [-0.15, -0.1) is 0 Å². The third-order valence-corrected chi connectivity index (χ3v) is 3.23. The van der Waals surface area contributed by atoms with Crippen molar-refractivity contribution in [2.24, 2.45) is 0 Å². The summed E-state index contributed by atoms with van der Waals surface area (Å²) in [6, 6.07) is 11.2. The highest BCUT2D eigenvalue weighted by Gasteiger charge is 2.13. The summed E-state index contributed by atoms with van der Waals surface area (Å²) in [5, 5.41) is 0. The molecule has 0 saturated carbocycles. The lowest BCUT2D eigenvalue weighted by molar-refractivity contribution is 0.0990. The average Bonchev–Trinajstić information content (AvgIpc) is 2.41. The van der Waals surface area contributed by atoms with Crippen LogP contribution in [-0.2, 0) is 6.42 Å². The van der Waals surface area contributed by atoms with Crippen molar-refractivity contribution >= 4 is 21.7 Å². The van der Waals surface area contributed by atoms with E-state index < -0.39 is 0 Å². The SMILES string of the molecule is COc1ccc(Br)cc1C(=O)Cc1ccc(F)cc1. The molecule has 0 unspecified atom stereocenters. The molecule has 0 radical (unpaired) electrons. The molecule has 4 heteroatoms. The summed E-state index contributed by atoms with van der Waals surface area (Å²) in [5.74, 6) is 0.163. The standard InChI is InChI=1S/C15H12BrFO2/c1-19-15-7-4-11(16)9-13(15)14(18)8-10-2-5-12(17)6-3-10/h2-7,9H,8H2,1H3. The zero-order valence-corrected chi connectivity index (χ0v) is 11.9. The number of hydrogen-bond acceptors (Lipinski definition) is 2. The van der Waals surface area contributed by atoms with Crippen LogP contribution in [0.25, 0.3) is 0 Å². The van der Waals surface area contributed by atoms with Gasteiger partial charge in [-0.1, -0.05) is 28.1 Å². The van der Waals surface area contributed by atoms with E-state index in [0.717, 1.165) is 10.0 Å². The Morgan fingerprint density at radius 2 is 1.89 bits per heavy atom. The average molecular weight is 323 g/mol. The van der Waals surface area contributed by atoms with Crippen molar-refractivity contribution < 1.29 is 13.9 Å². The maximum Gasteiger partial charge on any atom is 0.170 e. The third-order valence-electron chi connectivity index (χ3n) is 2.74. The Bertz CT molecular complexity index is 594. The van der Waals surface area contributed by atoms with Gasteiger partial charge in [0.2, 0.25) is 0 Å². The second-order valence-corrected chi connectivity index (χ2v) is 4.99. The first-order valence-electron chi connectivity index (χ1n) is 5.71. The van der Waals surface area contributed by atoms with Crippen LogP contribution in [0.1, 0.15) is 15.9 Å². The Morgan fingerprint density at radius 3 is 2.53 bits per heavy atom. The lowest BCUT2D eigenvalue weighted by atomic mass is 10.0. The van der Waals surface area contributed by atoms with Gasteiger partial charge < -0.3 is 4.74 Å². The Hall–Kier alpha value is -1.68. The van der Waals surface area contributed by atoms with E-state index in [9.17, 15) is 9.18 Å². The second-order valence-electron chi connectivity index (χ2n) is 4.07. The molecule has 0 heterocycles. The monoisotopic (exact) mass is 322 g/mol. The van der Waals surface area contributed by atoms with E-state index in [4.69, 9.17) is 4.74 Å². The van der Waals surface area contributed by atoms with Crippen molar-refractivity contribution in [2.45, 2.75) is 6.42 Å². The van der Waals surface area contributed by atoms with Gasteiger partial charge in [-0.3, -0.25) is 4.79 Å². The van der Waals surface area contributed by atoms with Crippen LogP contribution in [0, 0.1) is 5.82 Å². The number of carbonyl (C=O) groups is 1. The quantitative estimate of drug-likeness (QED) is 0.795. The van der Waals surface area contributed by atoms with Gasteiger partial charge in [0.05, 0.1) is 12.7 Å². The molecule has 0 saturated heterocycles.